The van der Waals surface area contributed by atoms with E-state index in [0.717, 1.165) is 6.34 Å². The molecule has 0 radical (unpaired) electrons. The molecule has 8 heteroatoms. The third-order valence-electron chi connectivity index (χ3n) is 2.80. The van der Waals surface area contributed by atoms with Gasteiger partial charge in [-0.1, -0.05) is 0 Å². The van der Waals surface area contributed by atoms with Crippen molar-refractivity contribution in [1.82, 2.24) is 0 Å². The first-order valence-electron chi connectivity index (χ1n) is 5.42. The fraction of sp³-hybridized carbons (Fsp3) is 0.273. The minimum Gasteiger partial charge on any atom is -0.254 e. The highest BCUT2D eigenvalue weighted by molar-refractivity contribution is 5.78. The van der Waals surface area contributed by atoms with Crippen molar-refractivity contribution in [1.29, 1.82) is 5.41 Å². The first-order valence-corrected chi connectivity index (χ1v) is 5.42. The van der Waals surface area contributed by atoms with Crippen molar-refractivity contribution in [2.24, 2.45) is 4.99 Å². The maximum absolute atomic E-state index is 13.3. The minimum absolute atomic E-state index is 0.257. The lowest BCUT2D eigenvalue weighted by atomic mass is 10.2. The molecule has 19 heavy (non-hydrogen) atoms. The molecule has 0 aromatic heterocycles. The average Bonchev–Trinajstić information content (AvgIpc) is 2.80. The second kappa shape index (κ2) is 5.04. The zero-order chi connectivity index (χ0) is 14.2. The van der Waals surface area contributed by atoms with E-state index in [9.17, 15) is 22.0 Å². The third kappa shape index (κ3) is 2.35. The standard InChI is InChI=1S/C11H8F5N3/c12-6-7(13)9(15)11(10(16)8(6)14)18-4-19-3-1-2-5(19)17/h4,17H,1-3H2/p+1. The van der Waals surface area contributed by atoms with Gasteiger partial charge in [0.05, 0.1) is 6.54 Å². The van der Waals surface area contributed by atoms with Crippen LogP contribution < -0.4 is 4.90 Å². The highest BCUT2D eigenvalue weighted by Gasteiger charge is 2.26. The third-order valence-corrected chi connectivity index (χ3v) is 2.80. The Morgan fingerprint density at radius 3 is 1.95 bits per heavy atom. The van der Waals surface area contributed by atoms with E-state index in [1.54, 1.807) is 0 Å². The van der Waals surface area contributed by atoms with Gasteiger partial charge in [0.2, 0.25) is 5.82 Å². The lowest BCUT2D eigenvalue weighted by Gasteiger charge is -2.05. The van der Waals surface area contributed by atoms with Gasteiger partial charge in [-0.2, -0.15) is 4.99 Å². The van der Waals surface area contributed by atoms with E-state index in [2.05, 4.69) is 4.99 Å². The normalized spacial score (nSPS) is 19.6. The van der Waals surface area contributed by atoms with Crippen molar-refractivity contribution >= 4 is 17.9 Å². The zero-order valence-corrected chi connectivity index (χ0v) is 9.54. The highest BCUT2D eigenvalue weighted by Crippen LogP contribution is 2.28. The predicted molar refractivity (Wildman–Crippen MR) is 57.2 cm³/mol. The molecule has 1 atom stereocenters. The summed E-state index contributed by atoms with van der Waals surface area (Å²) >= 11 is 0. The van der Waals surface area contributed by atoms with Crippen LogP contribution in [0.15, 0.2) is 4.99 Å². The smallest absolute Gasteiger partial charge is 0.200 e. The summed E-state index contributed by atoms with van der Waals surface area (Å²) in [4.78, 5) is 3.74. The van der Waals surface area contributed by atoms with Crippen molar-refractivity contribution in [3.63, 3.8) is 0 Å². The van der Waals surface area contributed by atoms with Crippen LogP contribution in [0.4, 0.5) is 27.6 Å². The molecule has 2 N–H and O–H groups in total. The number of aliphatic imine (C=N–C) groups is 1. The molecule has 2 rings (SSSR count). The number of amidine groups is 1. The molecule has 1 fully saturated rings. The summed E-state index contributed by atoms with van der Waals surface area (Å²) in [5, 5.41) is 7.47. The predicted octanol–water partition coefficient (Wildman–Crippen LogP) is 1.70. The van der Waals surface area contributed by atoms with Gasteiger partial charge < -0.3 is 0 Å². The average molecular weight is 278 g/mol. The van der Waals surface area contributed by atoms with Gasteiger partial charge in [-0.25, -0.2) is 26.9 Å². The summed E-state index contributed by atoms with van der Waals surface area (Å²) in [6.07, 6.45) is 2.20. The number of halogens is 5. The second-order valence-electron chi connectivity index (χ2n) is 4.03. The van der Waals surface area contributed by atoms with Crippen molar-refractivity contribution < 1.29 is 26.9 Å². The maximum Gasteiger partial charge on any atom is 0.200 e. The van der Waals surface area contributed by atoms with Crippen LogP contribution in [-0.2, 0) is 0 Å². The molecule has 1 aromatic rings. The SMILES string of the molecule is N=C1CCC[NH+]1C=Nc1c(F)c(F)c(F)c(F)c1F. The van der Waals surface area contributed by atoms with Crippen molar-refractivity contribution in [2.45, 2.75) is 12.8 Å². The summed E-state index contributed by atoms with van der Waals surface area (Å²) in [5.74, 6) is -9.96. The Bertz CT molecular complexity index is 541. The van der Waals surface area contributed by atoms with Gasteiger partial charge in [-0.05, 0) is 0 Å². The fourth-order valence-corrected chi connectivity index (χ4v) is 1.76. The molecule has 1 aliphatic rings. The quantitative estimate of drug-likeness (QED) is 0.272. The summed E-state index contributed by atoms with van der Waals surface area (Å²) in [6.45, 7) is 0.498. The Labute approximate surface area is 104 Å². The van der Waals surface area contributed by atoms with E-state index < -0.39 is 34.8 Å². The van der Waals surface area contributed by atoms with Gasteiger partial charge in [0.1, 0.15) is 5.69 Å². The molecule has 0 bridgehead atoms. The molecule has 3 nitrogen and oxygen atoms in total. The van der Waals surface area contributed by atoms with Gasteiger partial charge in [0, 0.05) is 12.8 Å². The Hall–Kier alpha value is -1.83. The minimum atomic E-state index is -2.21. The van der Waals surface area contributed by atoms with Crippen LogP contribution in [0.5, 0.6) is 0 Å². The molecule has 0 spiro atoms. The van der Waals surface area contributed by atoms with Gasteiger partial charge in [-0.3, -0.25) is 5.41 Å². The van der Waals surface area contributed by atoms with Crippen LogP contribution in [0.1, 0.15) is 12.8 Å². The first kappa shape index (κ1) is 13.6. The lowest BCUT2D eigenvalue weighted by molar-refractivity contribution is -0.685. The van der Waals surface area contributed by atoms with Crippen molar-refractivity contribution in [3.05, 3.63) is 29.1 Å². The zero-order valence-electron chi connectivity index (χ0n) is 9.54. The first-order chi connectivity index (χ1) is 8.93. The largest absolute Gasteiger partial charge is 0.254 e. The van der Waals surface area contributed by atoms with E-state index in [1.165, 1.54) is 0 Å². The van der Waals surface area contributed by atoms with Gasteiger partial charge in [0.15, 0.2) is 35.4 Å². The Kier molecular flexibility index (Phi) is 3.61. The monoisotopic (exact) mass is 278 g/mol. The van der Waals surface area contributed by atoms with Crippen LogP contribution in [0.3, 0.4) is 0 Å². The van der Waals surface area contributed by atoms with Crippen LogP contribution in [0.2, 0.25) is 0 Å². The molecule has 102 valence electrons. The summed E-state index contributed by atoms with van der Waals surface area (Å²) in [6, 6.07) is 0. The van der Waals surface area contributed by atoms with E-state index in [1.807, 2.05) is 0 Å². The summed E-state index contributed by atoms with van der Waals surface area (Å²) in [7, 11) is 0. The van der Waals surface area contributed by atoms with Crippen LogP contribution in [0.25, 0.3) is 0 Å². The second-order valence-corrected chi connectivity index (χ2v) is 4.03. The number of nitrogens with one attached hydrogen (secondary N) is 2. The summed E-state index contributed by atoms with van der Waals surface area (Å²) in [5.41, 5.74) is -1.23. The molecule has 1 heterocycles. The molecule has 1 aliphatic heterocycles. The number of hydrogen-bond donors (Lipinski definition) is 2. The number of likely N-dealkylation sites (tertiary alicyclic amines) is 1. The van der Waals surface area contributed by atoms with Crippen LogP contribution in [-0.4, -0.2) is 18.7 Å². The summed E-state index contributed by atoms with van der Waals surface area (Å²) < 4.78 is 65.1. The molecule has 1 unspecified atom stereocenters. The molecule has 0 aliphatic carbocycles. The topological polar surface area (TPSA) is 40.7 Å². The van der Waals surface area contributed by atoms with Crippen LogP contribution >= 0.6 is 0 Å². The lowest BCUT2D eigenvalue weighted by Crippen LogP contribution is -3.11. The molecule has 1 saturated heterocycles. The number of nitrogens with zero attached hydrogens (tertiary/aromatic N) is 1. The van der Waals surface area contributed by atoms with Gasteiger partial charge in [-0.15, -0.1) is 0 Å². The number of benzene rings is 1. The van der Waals surface area contributed by atoms with E-state index in [4.69, 9.17) is 5.41 Å². The Balaban J connectivity index is 2.40. The van der Waals surface area contributed by atoms with Crippen molar-refractivity contribution in [3.8, 4) is 0 Å². The fourth-order valence-electron chi connectivity index (χ4n) is 1.76. The van der Waals surface area contributed by atoms with Crippen molar-refractivity contribution in [2.75, 3.05) is 6.54 Å². The molecule has 0 saturated carbocycles. The van der Waals surface area contributed by atoms with Gasteiger partial charge >= 0.3 is 0 Å². The highest BCUT2D eigenvalue weighted by atomic mass is 19.2. The van der Waals surface area contributed by atoms with E-state index in [-0.39, 0.29) is 5.84 Å². The number of quaternary nitrogens is 1. The Morgan fingerprint density at radius 2 is 1.47 bits per heavy atom. The maximum atomic E-state index is 13.3. The van der Waals surface area contributed by atoms with Gasteiger partial charge in [0.25, 0.3) is 0 Å². The van der Waals surface area contributed by atoms with Crippen LogP contribution in [0, 0.1) is 34.5 Å². The molecule has 1 aromatic carbocycles. The molecule has 0 amide bonds. The molecular weight excluding hydrogens is 269 g/mol. The Morgan fingerprint density at radius 1 is 0.947 bits per heavy atom. The number of hydrogen-bond acceptors (Lipinski definition) is 2. The molecular formula is C11H9F5N3+. The van der Waals surface area contributed by atoms with E-state index in [0.29, 0.717) is 24.3 Å². The van der Waals surface area contributed by atoms with E-state index >= 15 is 0 Å². The number of rotatable bonds is 2.